The molecule has 0 aliphatic heterocycles. The molecular weight excluding hydrogens is 212 g/mol. The van der Waals surface area contributed by atoms with Crippen molar-refractivity contribution < 1.29 is 0 Å². The maximum atomic E-state index is 8.83. The van der Waals surface area contributed by atoms with E-state index >= 15 is 0 Å². The standard InChI is InChI=1S/C13H8N4/c14-6-10-3-4-13-16-12(9-17(13)8-10)11-2-1-5-15-7-11/h1-5,7-9H. The molecule has 80 valence electrons. The highest BCUT2D eigenvalue weighted by atomic mass is 15.0. The molecule has 0 bridgehead atoms. The number of hydrogen-bond donors (Lipinski definition) is 0. The van der Waals surface area contributed by atoms with Crippen LogP contribution in [0.3, 0.4) is 0 Å². The van der Waals surface area contributed by atoms with Crippen LogP contribution in [0.15, 0.2) is 49.1 Å². The lowest BCUT2D eigenvalue weighted by Gasteiger charge is -1.92. The van der Waals surface area contributed by atoms with Gasteiger partial charge >= 0.3 is 0 Å². The summed E-state index contributed by atoms with van der Waals surface area (Å²) in [5.41, 5.74) is 3.26. The molecule has 3 aromatic heterocycles. The van der Waals surface area contributed by atoms with Crippen LogP contribution in [-0.4, -0.2) is 14.4 Å². The SMILES string of the molecule is N#Cc1ccc2nc(-c3cccnc3)cn2c1. The molecule has 0 radical (unpaired) electrons. The lowest BCUT2D eigenvalue weighted by atomic mass is 10.2. The second-order valence-electron chi connectivity index (χ2n) is 3.66. The number of imidazole rings is 1. The Balaban J connectivity index is 2.18. The molecule has 0 N–H and O–H groups in total. The molecule has 17 heavy (non-hydrogen) atoms. The third kappa shape index (κ3) is 1.64. The summed E-state index contributed by atoms with van der Waals surface area (Å²) in [6.45, 7) is 0. The average molecular weight is 220 g/mol. The Labute approximate surface area is 97.8 Å². The molecule has 0 aliphatic rings. The third-order valence-corrected chi connectivity index (χ3v) is 2.54. The van der Waals surface area contributed by atoms with Gasteiger partial charge in [0.25, 0.3) is 0 Å². The van der Waals surface area contributed by atoms with Gasteiger partial charge in [0.2, 0.25) is 0 Å². The monoisotopic (exact) mass is 220 g/mol. The Morgan fingerprint density at radius 1 is 1.18 bits per heavy atom. The average Bonchev–Trinajstić information content (AvgIpc) is 2.82. The van der Waals surface area contributed by atoms with Crippen LogP contribution in [0.4, 0.5) is 0 Å². The maximum Gasteiger partial charge on any atom is 0.137 e. The Hall–Kier alpha value is -2.67. The number of aromatic nitrogens is 3. The van der Waals surface area contributed by atoms with Gasteiger partial charge in [0.15, 0.2) is 0 Å². The predicted molar refractivity (Wildman–Crippen MR) is 63.1 cm³/mol. The number of nitriles is 1. The van der Waals surface area contributed by atoms with E-state index in [1.54, 1.807) is 24.7 Å². The van der Waals surface area contributed by atoms with Crippen LogP contribution < -0.4 is 0 Å². The lowest BCUT2D eigenvalue weighted by molar-refractivity contribution is 1.17. The third-order valence-electron chi connectivity index (χ3n) is 2.54. The van der Waals surface area contributed by atoms with Gasteiger partial charge < -0.3 is 4.40 Å². The number of pyridine rings is 2. The summed E-state index contributed by atoms with van der Waals surface area (Å²) in [6, 6.07) is 9.53. The maximum absolute atomic E-state index is 8.83. The summed E-state index contributed by atoms with van der Waals surface area (Å²) < 4.78 is 1.85. The number of hydrogen-bond acceptors (Lipinski definition) is 3. The zero-order valence-corrected chi connectivity index (χ0v) is 8.91. The molecule has 3 rings (SSSR count). The number of fused-ring (bicyclic) bond motifs is 1. The Morgan fingerprint density at radius 3 is 2.88 bits per heavy atom. The molecule has 4 nitrogen and oxygen atoms in total. The highest BCUT2D eigenvalue weighted by Crippen LogP contribution is 2.17. The first-order valence-corrected chi connectivity index (χ1v) is 5.16. The minimum atomic E-state index is 0.618. The fourth-order valence-corrected chi connectivity index (χ4v) is 1.71. The Bertz CT molecular complexity index is 707. The van der Waals surface area contributed by atoms with Gasteiger partial charge in [-0.3, -0.25) is 4.98 Å². The predicted octanol–water partition coefficient (Wildman–Crippen LogP) is 2.27. The Morgan fingerprint density at radius 2 is 2.12 bits per heavy atom. The first kappa shape index (κ1) is 9.55. The quantitative estimate of drug-likeness (QED) is 0.632. The zero-order chi connectivity index (χ0) is 11.7. The van der Waals surface area contributed by atoms with Crippen molar-refractivity contribution >= 4 is 5.65 Å². The van der Waals surface area contributed by atoms with Crippen LogP contribution >= 0.6 is 0 Å². The van der Waals surface area contributed by atoms with Crippen molar-refractivity contribution in [1.29, 1.82) is 5.26 Å². The first-order chi connectivity index (χ1) is 8.36. The molecule has 0 spiro atoms. The molecule has 0 amide bonds. The molecule has 0 aliphatic carbocycles. The van der Waals surface area contributed by atoms with E-state index in [0.717, 1.165) is 16.9 Å². The zero-order valence-electron chi connectivity index (χ0n) is 8.91. The highest BCUT2D eigenvalue weighted by molar-refractivity contribution is 5.61. The molecule has 0 saturated carbocycles. The van der Waals surface area contributed by atoms with Gasteiger partial charge in [-0.25, -0.2) is 4.98 Å². The van der Waals surface area contributed by atoms with E-state index < -0.39 is 0 Å². The second-order valence-corrected chi connectivity index (χ2v) is 3.66. The molecular formula is C13H8N4. The summed E-state index contributed by atoms with van der Waals surface area (Å²) in [5.74, 6) is 0. The van der Waals surface area contributed by atoms with Crippen molar-refractivity contribution in [3.8, 4) is 17.3 Å². The van der Waals surface area contributed by atoms with Crippen molar-refractivity contribution in [1.82, 2.24) is 14.4 Å². The van der Waals surface area contributed by atoms with E-state index in [0.29, 0.717) is 5.56 Å². The van der Waals surface area contributed by atoms with Crippen molar-refractivity contribution in [3.63, 3.8) is 0 Å². The van der Waals surface area contributed by atoms with Crippen LogP contribution in [0.25, 0.3) is 16.9 Å². The number of rotatable bonds is 1. The van der Waals surface area contributed by atoms with E-state index in [-0.39, 0.29) is 0 Å². The van der Waals surface area contributed by atoms with Crippen molar-refractivity contribution in [3.05, 3.63) is 54.6 Å². The highest BCUT2D eigenvalue weighted by Gasteiger charge is 2.04. The van der Waals surface area contributed by atoms with Crippen molar-refractivity contribution in [2.45, 2.75) is 0 Å². The van der Waals surface area contributed by atoms with Gasteiger partial charge in [0, 0.05) is 30.4 Å². The van der Waals surface area contributed by atoms with E-state index in [2.05, 4.69) is 16.0 Å². The minimum absolute atomic E-state index is 0.618. The summed E-state index contributed by atoms with van der Waals surface area (Å²) in [7, 11) is 0. The summed E-state index contributed by atoms with van der Waals surface area (Å²) in [6.07, 6.45) is 7.16. The fraction of sp³-hybridized carbons (Fsp3) is 0. The summed E-state index contributed by atoms with van der Waals surface area (Å²) in [4.78, 5) is 8.54. The second kappa shape index (κ2) is 3.72. The van der Waals surface area contributed by atoms with Crippen molar-refractivity contribution in [2.75, 3.05) is 0 Å². The van der Waals surface area contributed by atoms with Gasteiger partial charge in [-0.2, -0.15) is 5.26 Å². The van der Waals surface area contributed by atoms with Gasteiger partial charge in [0.1, 0.15) is 11.7 Å². The molecule has 0 saturated heterocycles. The molecule has 0 unspecified atom stereocenters. The molecule has 0 atom stereocenters. The van der Waals surface area contributed by atoms with E-state index in [1.165, 1.54) is 0 Å². The Kier molecular flexibility index (Phi) is 2.09. The van der Waals surface area contributed by atoms with Gasteiger partial charge in [-0.1, -0.05) is 0 Å². The van der Waals surface area contributed by atoms with Crippen LogP contribution in [0.2, 0.25) is 0 Å². The lowest BCUT2D eigenvalue weighted by Crippen LogP contribution is -1.83. The summed E-state index contributed by atoms with van der Waals surface area (Å²) >= 11 is 0. The smallest absolute Gasteiger partial charge is 0.137 e. The van der Waals surface area contributed by atoms with E-state index in [9.17, 15) is 0 Å². The topological polar surface area (TPSA) is 54.0 Å². The van der Waals surface area contributed by atoms with Crippen LogP contribution in [0, 0.1) is 11.3 Å². The minimum Gasteiger partial charge on any atom is -0.305 e. The van der Waals surface area contributed by atoms with Crippen LogP contribution in [-0.2, 0) is 0 Å². The molecule has 0 aromatic carbocycles. The van der Waals surface area contributed by atoms with Crippen LogP contribution in [0.5, 0.6) is 0 Å². The number of nitrogens with zero attached hydrogens (tertiary/aromatic N) is 4. The normalized spacial score (nSPS) is 10.3. The molecule has 4 heteroatoms. The van der Waals surface area contributed by atoms with Crippen molar-refractivity contribution in [2.24, 2.45) is 0 Å². The van der Waals surface area contributed by atoms with Gasteiger partial charge in [-0.15, -0.1) is 0 Å². The first-order valence-electron chi connectivity index (χ1n) is 5.16. The van der Waals surface area contributed by atoms with E-state index in [1.807, 2.05) is 28.8 Å². The molecule has 3 heterocycles. The van der Waals surface area contributed by atoms with Gasteiger partial charge in [0.05, 0.1) is 11.3 Å². The van der Waals surface area contributed by atoms with Crippen LogP contribution in [0.1, 0.15) is 5.56 Å². The molecule has 0 fully saturated rings. The van der Waals surface area contributed by atoms with Gasteiger partial charge in [-0.05, 0) is 24.3 Å². The molecule has 3 aromatic rings. The van der Waals surface area contributed by atoms with E-state index in [4.69, 9.17) is 5.26 Å². The largest absolute Gasteiger partial charge is 0.305 e. The summed E-state index contributed by atoms with van der Waals surface area (Å²) in [5, 5.41) is 8.83. The fourth-order valence-electron chi connectivity index (χ4n) is 1.71.